The molecule has 1 N–H and O–H groups in total. The minimum absolute atomic E-state index is 0.00805. The molecule has 0 aliphatic carbocycles. The zero-order valence-electron chi connectivity index (χ0n) is 9.32. The smallest absolute Gasteiger partial charge is 0.228 e. The number of carbonyl (C=O) groups excluding carboxylic acids is 1. The summed E-state index contributed by atoms with van der Waals surface area (Å²) in [6.07, 6.45) is 0.281. The van der Waals surface area contributed by atoms with E-state index in [2.05, 4.69) is 5.32 Å². The van der Waals surface area contributed by atoms with E-state index in [0.29, 0.717) is 0 Å². The summed E-state index contributed by atoms with van der Waals surface area (Å²) in [5, 5.41) is 2.61. The molecule has 0 aromatic heterocycles. The van der Waals surface area contributed by atoms with Gasteiger partial charge in [-0.2, -0.15) is 0 Å². The fourth-order valence-electron chi connectivity index (χ4n) is 1.83. The van der Waals surface area contributed by atoms with Crippen LogP contribution in [0.15, 0.2) is 18.2 Å². The van der Waals surface area contributed by atoms with E-state index in [4.69, 9.17) is 11.6 Å². The van der Waals surface area contributed by atoms with Gasteiger partial charge in [0.15, 0.2) is 9.84 Å². The summed E-state index contributed by atoms with van der Waals surface area (Å²) < 4.78 is 35.9. The van der Waals surface area contributed by atoms with Crippen LogP contribution in [0.5, 0.6) is 0 Å². The van der Waals surface area contributed by atoms with E-state index in [1.165, 1.54) is 12.1 Å². The molecule has 1 aromatic carbocycles. The third kappa shape index (κ3) is 3.00. The van der Waals surface area contributed by atoms with Crippen molar-refractivity contribution in [1.82, 2.24) is 0 Å². The Labute approximate surface area is 109 Å². The second-order valence-electron chi connectivity index (χ2n) is 4.21. The van der Waals surface area contributed by atoms with Crippen LogP contribution < -0.4 is 5.32 Å². The lowest BCUT2D eigenvalue weighted by atomic mass is 10.1. The van der Waals surface area contributed by atoms with Gasteiger partial charge in [-0.25, -0.2) is 12.8 Å². The Hall–Kier alpha value is -1.14. The van der Waals surface area contributed by atoms with Crippen molar-refractivity contribution >= 4 is 33.0 Å². The third-order valence-corrected chi connectivity index (χ3v) is 4.80. The van der Waals surface area contributed by atoms with Crippen LogP contribution in [0.3, 0.4) is 0 Å². The van der Waals surface area contributed by atoms with Crippen molar-refractivity contribution in [3.8, 4) is 0 Å². The number of halogens is 2. The maximum atomic E-state index is 13.4. The summed E-state index contributed by atoms with van der Waals surface area (Å²) in [5.41, 5.74) is 0.00805. The van der Waals surface area contributed by atoms with Crippen LogP contribution >= 0.6 is 11.6 Å². The summed E-state index contributed by atoms with van der Waals surface area (Å²) in [5.74, 6) is -1.89. The van der Waals surface area contributed by atoms with Crippen molar-refractivity contribution in [2.45, 2.75) is 6.42 Å². The zero-order chi connectivity index (χ0) is 13.3. The quantitative estimate of drug-likeness (QED) is 0.904. The predicted molar refractivity (Wildman–Crippen MR) is 66.8 cm³/mol. The van der Waals surface area contributed by atoms with Crippen molar-refractivity contribution in [3.63, 3.8) is 0 Å². The molecule has 0 radical (unpaired) electrons. The van der Waals surface area contributed by atoms with Crippen molar-refractivity contribution < 1.29 is 17.6 Å². The first kappa shape index (κ1) is 13.3. The average molecular weight is 292 g/mol. The standard InChI is InChI=1S/C11H11ClFNO3S/c12-8-1-2-10(9(13)5-8)14-11(15)7-3-4-18(16,17)6-7/h1-2,5,7H,3-4,6H2,(H,14,15). The molecule has 98 valence electrons. The van der Waals surface area contributed by atoms with Gasteiger partial charge >= 0.3 is 0 Å². The summed E-state index contributed by atoms with van der Waals surface area (Å²) in [7, 11) is -3.13. The normalized spacial score (nSPS) is 21.8. The molecule has 1 unspecified atom stereocenters. The molecule has 1 aliphatic heterocycles. The molecule has 1 atom stereocenters. The monoisotopic (exact) mass is 291 g/mol. The Balaban J connectivity index is 2.08. The molecule has 0 saturated carbocycles. The maximum absolute atomic E-state index is 13.4. The lowest BCUT2D eigenvalue weighted by molar-refractivity contribution is -0.119. The van der Waals surface area contributed by atoms with Crippen LogP contribution in [0.4, 0.5) is 10.1 Å². The molecule has 1 aliphatic rings. The van der Waals surface area contributed by atoms with Crippen molar-refractivity contribution in [3.05, 3.63) is 29.0 Å². The van der Waals surface area contributed by atoms with E-state index >= 15 is 0 Å². The van der Waals surface area contributed by atoms with E-state index in [0.717, 1.165) is 6.07 Å². The molecule has 1 saturated heterocycles. The van der Waals surface area contributed by atoms with Gasteiger partial charge in [-0.3, -0.25) is 4.79 Å². The number of sulfone groups is 1. The number of rotatable bonds is 2. The topological polar surface area (TPSA) is 63.2 Å². The lowest BCUT2D eigenvalue weighted by Crippen LogP contribution is -2.24. The second kappa shape index (κ2) is 4.85. The summed E-state index contributed by atoms with van der Waals surface area (Å²) in [6, 6.07) is 3.88. The molecule has 2 rings (SSSR count). The van der Waals surface area contributed by atoms with Crippen LogP contribution in [-0.2, 0) is 14.6 Å². The highest BCUT2D eigenvalue weighted by Crippen LogP contribution is 2.23. The number of benzene rings is 1. The lowest BCUT2D eigenvalue weighted by Gasteiger charge is -2.10. The van der Waals surface area contributed by atoms with Gasteiger partial charge in [0.1, 0.15) is 5.82 Å². The first-order valence-electron chi connectivity index (χ1n) is 5.34. The van der Waals surface area contributed by atoms with E-state index < -0.39 is 27.5 Å². The van der Waals surface area contributed by atoms with Gasteiger partial charge in [-0.05, 0) is 24.6 Å². The number of anilines is 1. The molecule has 0 bridgehead atoms. The minimum Gasteiger partial charge on any atom is -0.323 e. The zero-order valence-corrected chi connectivity index (χ0v) is 10.9. The Bertz CT molecular complexity index is 588. The largest absolute Gasteiger partial charge is 0.323 e. The maximum Gasteiger partial charge on any atom is 0.228 e. The Morgan fingerprint density at radius 3 is 2.72 bits per heavy atom. The van der Waals surface area contributed by atoms with Crippen LogP contribution in [0.25, 0.3) is 0 Å². The molecule has 1 amide bonds. The van der Waals surface area contributed by atoms with Gasteiger partial charge in [-0.1, -0.05) is 11.6 Å². The highest BCUT2D eigenvalue weighted by molar-refractivity contribution is 7.91. The van der Waals surface area contributed by atoms with Gasteiger partial charge in [0, 0.05) is 5.02 Å². The Morgan fingerprint density at radius 2 is 2.17 bits per heavy atom. The molecular weight excluding hydrogens is 281 g/mol. The van der Waals surface area contributed by atoms with Crippen LogP contribution in [0.1, 0.15) is 6.42 Å². The van der Waals surface area contributed by atoms with Gasteiger partial charge in [-0.15, -0.1) is 0 Å². The minimum atomic E-state index is -3.13. The van der Waals surface area contributed by atoms with Crippen molar-refractivity contribution in [2.24, 2.45) is 5.92 Å². The number of hydrogen-bond donors (Lipinski definition) is 1. The molecule has 0 spiro atoms. The van der Waals surface area contributed by atoms with Gasteiger partial charge in [0.25, 0.3) is 0 Å². The summed E-state index contributed by atoms with van der Waals surface area (Å²) in [4.78, 5) is 11.8. The highest BCUT2D eigenvalue weighted by Gasteiger charge is 2.33. The van der Waals surface area contributed by atoms with Crippen LogP contribution in [-0.4, -0.2) is 25.8 Å². The van der Waals surface area contributed by atoms with Gasteiger partial charge < -0.3 is 5.32 Å². The molecule has 7 heteroatoms. The van der Waals surface area contributed by atoms with E-state index in [1.807, 2.05) is 0 Å². The fraction of sp³-hybridized carbons (Fsp3) is 0.364. The van der Waals surface area contributed by atoms with Crippen LogP contribution in [0, 0.1) is 11.7 Å². The van der Waals surface area contributed by atoms with Gasteiger partial charge in [0.05, 0.1) is 23.1 Å². The first-order valence-corrected chi connectivity index (χ1v) is 7.54. The summed E-state index contributed by atoms with van der Waals surface area (Å²) in [6.45, 7) is 0. The molecule has 4 nitrogen and oxygen atoms in total. The third-order valence-electron chi connectivity index (χ3n) is 2.79. The van der Waals surface area contributed by atoms with Gasteiger partial charge in [0.2, 0.25) is 5.91 Å². The van der Waals surface area contributed by atoms with E-state index in [1.54, 1.807) is 0 Å². The molecule has 1 aromatic rings. The second-order valence-corrected chi connectivity index (χ2v) is 6.88. The van der Waals surface area contributed by atoms with Crippen LogP contribution in [0.2, 0.25) is 5.02 Å². The van der Waals surface area contributed by atoms with E-state index in [9.17, 15) is 17.6 Å². The number of amides is 1. The van der Waals surface area contributed by atoms with Crippen molar-refractivity contribution in [2.75, 3.05) is 16.8 Å². The Kier molecular flexibility index (Phi) is 3.59. The van der Waals surface area contributed by atoms with E-state index in [-0.39, 0.29) is 28.6 Å². The van der Waals surface area contributed by atoms with Crippen molar-refractivity contribution in [1.29, 1.82) is 0 Å². The first-order chi connectivity index (χ1) is 8.37. The summed E-state index contributed by atoms with van der Waals surface area (Å²) >= 11 is 5.59. The molecule has 1 heterocycles. The molecule has 1 fully saturated rings. The number of nitrogens with one attached hydrogen (secondary N) is 1. The molecule has 18 heavy (non-hydrogen) atoms. The molecular formula is C11H11ClFNO3S. The Morgan fingerprint density at radius 1 is 1.44 bits per heavy atom. The predicted octanol–water partition coefficient (Wildman–Crippen LogP) is 1.85. The SMILES string of the molecule is O=C(Nc1ccc(Cl)cc1F)C1CCS(=O)(=O)C1. The number of carbonyl (C=O) groups is 1. The average Bonchev–Trinajstić information content (AvgIpc) is 2.63. The highest BCUT2D eigenvalue weighted by atomic mass is 35.5. The fourth-order valence-corrected chi connectivity index (χ4v) is 3.73. The number of hydrogen-bond acceptors (Lipinski definition) is 3.